The number of carbonyl (C=O) groups excluding carboxylic acids is 1. The molecule has 3 nitrogen and oxygen atoms in total. The maximum atomic E-state index is 12.7. The summed E-state index contributed by atoms with van der Waals surface area (Å²) >= 11 is 0. The minimum atomic E-state index is -0.493. The highest BCUT2D eigenvalue weighted by Crippen LogP contribution is 2.10. The Bertz CT molecular complexity index is 418. The fourth-order valence-electron chi connectivity index (χ4n) is 0.855. The first-order valence-corrected chi connectivity index (χ1v) is 3.92. The molecule has 0 aromatic heterocycles. The number of anilines is 1. The van der Waals surface area contributed by atoms with E-state index in [-0.39, 0.29) is 12.1 Å². The Morgan fingerprint density at radius 1 is 1.50 bits per heavy atom. The summed E-state index contributed by atoms with van der Waals surface area (Å²) in [6, 6.07) is 4.12. The van der Waals surface area contributed by atoms with Crippen LogP contribution in [0.15, 0.2) is 18.2 Å². The number of benzene rings is 1. The molecule has 0 saturated carbocycles. The van der Waals surface area contributed by atoms with Crippen LogP contribution >= 0.6 is 0 Å². The molecule has 1 rings (SSSR count). The highest BCUT2D eigenvalue weighted by molar-refractivity contribution is 5.76. The number of carbonyl (C=O) groups is 1. The predicted molar refractivity (Wildman–Crippen MR) is 51.5 cm³/mol. The van der Waals surface area contributed by atoms with Crippen molar-refractivity contribution in [3.8, 4) is 11.8 Å². The van der Waals surface area contributed by atoms with Gasteiger partial charge in [0.1, 0.15) is 5.82 Å². The van der Waals surface area contributed by atoms with Gasteiger partial charge in [-0.2, -0.15) is 0 Å². The SMILES string of the molecule is NC(=O)CC#Cc1ccc(F)c(N)c1. The second kappa shape index (κ2) is 4.28. The highest BCUT2D eigenvalue weighted by Gasteiger charge is 1.96. The number of rotatable bonds is 1. The molecule has 0 aliphatic rings. The minimum absolute atomic E-state index is 0.0166. The Morgan fingerprint density at radius 3 is 2.79 bits per heavy atom. The third-order valence-corrected chi connectivity index (χ3v) is 1.49. The van der Waals surface area contributed by atoms with E-state index in [0.717, 1.165) is 0 Å². The van der Waals surface area contributed by atoms with Crippen molar-refractivity contribution in [1.82, 2.24) is 0 Å². The largest absolute Gasteiger partial charge is 0.396 e. The molecule has 0 bridgehead atoms. The number of halogens is 1. The maximum Gasteiger partial charge on any atom is 0.229 e. The van der Waals surface area contributed by atoms with Crippen LogP contribution in [0.5, 0.6) is 0 Å². The molecular weight excluding hydrogens is 183 g/mol. The number of hydrogen-bond donors (Lipinski definition) is 2. The number of amides is 1. The lowest BCUT2D eigenvalue weighted by atomic mass is 10.2. The van der Waals surface area contributed by atoms with Crippen molar-refractivity contribution in [3.63, 3.8) is 0 Å². The summed E-state index contributed by atoms with van der Waals surface area (Å²) in [4.78, 5) is 10.3. The van der Waals surface area contributed by atoms with Crippen molar-refractivity contribution < 1.29 is 9.18 Å². The first-order chi connectivity index (χ1) is 6.59. The Labute approximate surface area is 80.9 Å². The van der Waals surface area contributed by atoms with E-state index in [0.29, 0.717) is 5.56 Å². The van der Waals surface area contributed by atoms with E-state index in [1.165, 1.54) is 18.2 Å². The van der Waals surface area contributed by atoms with E-state index in [4.69, 9.17) is 11.5 Å². The Kier molecular flexibility index (Phi) is 3.08. The Morgan fingerprint density at radius 2 is 2.21 bits per heavy atom. The molecule has 1 amide bonds. The van der Waals surface area contributed by atoms with Gasteiger partial charge in [-0.15, -0.1) is 0 Å². The maximum absolute atomic E-state index is 12.7. The molecule has 0 unspecified atom stereocenters. The van der Waals surface area contributed by atoms with Crippen molar-refractivity contribution in [3.05, 3.63) is 29.6 Å². The van der Waals surface area contributed by atoms with E-state index < -0.39 is 11.7 Å². The summed E-state index contributed by atoms with van der Waals surface area (Å²) in [6.45, 7) is 0. The fourth-order valence-corrected chi connectivity index (χ4v) is 0.855. The van der Waals surface area contributed by atoms with Gasteiger partial charge in [0.25, 0.3) is 0 Å². The van der Waals surface area contributed by atoms with Gasteiger partial charge in [-0.3, -0.25) is 4.79 Å². The lowest BCUT2D eigenvalue weighted by Gasteiger charge is -1.95. The van der Waals surface area contributed by atoms with Crippen molar-refractivity contribution >= 4 is 11.6 Å². The Balaban J connectivity index is 2.81. The summed E-state index contributed by atoms with van der Waals surface area (Å²) in [5.41, 5.74) is 10.8. The summed E-state index contributed by atoms with van der Waals surface area (Å²) in [6.07, 6.45) is -0.0166. The molecule has 4 heteroatoms. The average Bonchev–Trinajstić information content (AvgIpc) is 2.10. The van der Waals surface area contributed by atoms with Crippen LogP contribution in [-0.2, 0) is 4.79 Å². The topological polar surface area (TPSA) is 69.1 Å². The molecule has 4 N–H and O–H groups in total. The normalized spacial score (nSPS) is 8.93. The van der Waals surface area contributed by atoms with E-state index in [2.05, 4.69) is 11.8 Å². The number of nitrogen functional groups attached to an aromatic ring is 1. The molecule has 14 heavy (non-hydrogen) atoms. The second-order valence-corrected chi connectivity index (χ2v) is 2.68. The number of nitrogens with two attached hydrogens (primary N) is 2. The molecule has 1 aromatic carbocycles. The van der Waals surface area contributed by atoms with Gasteiger partial charge < -0.3 is 11.5 Å². The highest BCUT2D eigenvalue weighted by atomic mass is 19.1. The van der Waals surface area contributed by atoms with Crippen molar-refractivity contribution in [2.45, 2.75) is 6.42 Å². The van der Waals surface area contributed by atoms with Crippen LogP contribution in [-0.4, -0.2) is 5.91 Å². The van der Waals surface area contributed by atoms with Gasteiger partial charge in [-0.05, 0) is 18.2 Å². The lowest BCUT2D eigenvalue weighted by molar-refractivity contribution is -0.117. The summed E-state index contributed by atoms with van der Waals surface area (Å²) in [5, 5.41) is 0. The Hall–Kier alpha value is -2.02. The molecule has 72 valence electrons. The van der Waals surface area contributed by atoms with Crippen LogP contribution in [0.25, 0.3) is 0 Å². The van der Waals surface area contributed by atoms with Gasteiger partial charge in [0.2, 0.25) is 5.91 Å². The van der Waals surface area contributed by atoms with E-state index in [9.17, 15) is 9.18 Å². The van der Waals surface area contributed by atoms with Crippen LogP contribution < -0.4 is 11.5 Å². The molecule has 0 saturated heterocycles. The van der Waals surface area contributed by atoms with Crippen LogP contribution in [0.4, 0.5) is 10.1 Å². The molecule has 0 atom stereocenters. The summed E-state index contributed by atoms with van der Waals surface area (Å²) < 4.78 is 12.7. The number of hydrogen-bond acceptors (Lipinski definition) is 2. The molecule has 0 fully saturated rings. The third-order valence-electron chi connectivity index (χ3n) is 1.49. The zero-order valence-corrected chi connectivity index (χ0v) is 7.38. The zero-order valence-electron chi connectivity index (χ0n) is 7.38. The molecule has 0 heterocycles. The van der Waals surface area contributed by atoms with Crippen molar-refractivity contribution in [1.29, 1.82) is 0 Å². The minimum Gasteiger partial charge on any atom is -0.396 e. The van der Waals surface area contributed by atoms with E-state index in [1.54, 1.807) is 0 Å². The molecular formula is C10H9FN2O. The van der Waals surface area contributed by atoms with Gasteiger partial charge in [0, 0.05) is 5.56 Å². The van der Waals surface area contributed by atoms with E-state index >= 15 is 0 Å². The smallest absolute Gasteiger partial charge is 0.229 e. The van der Waals surface area contributed by atoms with Crippen molar-refractivity contribution in [2.24, 2.45) is 5.73 Å². The van der Waals surface area contributed by atoms with Gasteiger partial charge in [-0.25, -0.2) is 4.39 Å². The summed E-state index contributed by atoms with van der Waals surface area (Å²) in [7, 11) is 0. The predicted octanol–water partition coefficient (Wildman–Crippen LogP) is 0.635. The second-order valence-electron chi connectivity index (χ2n) is 2.68. The monoisotopic (exact) mass is 192 g/mol. The molecule has 1 aromatic rings. The quantitative estimate of drug-likeness (QED) is 0.506. The molecule has 0 aliphatic heterocycles. The molecule has 0 aliphatic carbocycles. The molecule has 0 spiro atoms. The standard InChI is InChI=1S/C10H9FN2O/c11-8-5-4-7(6-9(8)12)2-1-3-10(13)14/h4-6H,3,12H2,(H2,13,14). The fraction of sp³-hybridized carbons (Fsp3) is 0.100. The third kappa shape index (κ3) is 2.79. The van der Waals surface area contributed by atoms with Crippen LogP contribution in [0.1, 0.15) is 12.0 Å². The van der Waals surface area contributed by atoms with Crippen molar-refractivity contribution in [2.75, 3.05) is 5.73 Å². The summed E-state index contributed by atoms with van der Waals surface area (Å²) in [5.74, 6) is 4.22. The first kappa shape index (κ1) is 10.1. The van der Waals surface area contributed by atoms with Gasteiger partial charge >= 0.3 is 0 Å². The van der Waals surface area contributed by atoms with Gasteiger partial charge in [0.05, 0.1) is 12.1 Å². The lowest BCUT2D eigenvalue weighted by Crippen LogP contribution is -2.08. The molecule has 0 radical (unpaired) electrons. The average molecular weight is 192 g/mol. The van der Waals surface area contributed by atoms with Gasteiger partial charge in [0.15, 0.2) is 0 Å². The first-order valence-electron chi connectivity index (χ1n) is 3.92. The zero-order chi connectivity index (χ0) is 10.6. The van der Waals surface area contributed by atoms with E-state index in [1.807, 2.05) is 0 Å². The van der Waals surface area contributed by atoms with Crippen LogP contribution in [0.3, 0.4) is 0 Å². The van der Waals surface area contributed by atoms with Crippen LogP contribution in [0, 0.1) is 17.7 Å². The number of primary amides is 1. The van der Waals surface area contributed by atoms with Crippen LogP contribution in [0.2, 0.25) is 0 Å². The van der Waals surface area contributed by atoms with Gasteiger partial charge in [-0.1, -0.05) is 11.8 Å².